The van der Waals surface area contributed by atoms with Crippen LogP contribution in [0.1, 0.15) is 5.69 Å². The Balaban J connectivity index is 2.40. The van der Waals surface area contributed by atoms with E-state index in [-0.39, 0.29) is 0 Å². The maximum absolute atomic E-state index is 5.93. The van der Waals surface area contributed by atoms with E-state index in [1.807, 2.05) is 12.1 Å². The van der Waals surface area contributed by atoms with Gasteiger partial charge in [0.1, 0.15) is 5.15 Å². The van der Waals surface area contributed by atoms with Gasteiger partial charge in [-0.15, -0.1) is 11.3 Å². The van der Waals surface area contributed by atoms with Gasteiger partial charge < -0.3 is 4.74 Å². The van der Waals surface area contributed by atoms with Crippen molar-refractivity contribution in [1.82, 2.24) is 9.97 Å². The van der Waals surface area contributed by atoms with Gasteiger partial charge in [-0.1, -0.05) is 11.6 Å². The first-order valence-electron chi connectivity index (χ1n) is 4.47. The largest absolute Gasteiger partial charge is 0.378 e. The number of hydrogen-bond acceptors (Lipinski definition) is 4. The molecule has 0 saturated heterocycles. The quantitative estimate of drug-likeness (QED) is 0.808. The third-order valence-corrected chi connectivity index (χ3v) is 3.65. The molecule has 2 aromatic heterocycles. The molecule has 0 unspecified atom stereocenters. The van der Waals surface area contributed by atoms with Gasteiger partial charge in [0.15, 0.2) is 5.82 Å². The molecule has 84 valence electrons. The number of aromatic nitrogens is 2. The van der Waals surface area contributed by atoms with E-state index in [0.717, 1.165) is 14.4 Å². The average Bonchev–Trinajstić information content (AvgIpc) is 2.64. The lowest BCUT2D eigenvalue weighted by Gasteiger charge is -2.02. The van der Waals surface area contributed by atoms with Crippen molar-refractivity contribution in [3.63, 3.8) is 0 Å². The van der Waals surface area contributed by atoms with Crippen molar-refractivity contribution >= 4 is 38.9 Å². The minimum absolute atomic E-state index is 0.432. The highest BCUT2D eigenvalue weighted by Crippen LogP contribution is 2.29. The highest BCUT2D eigenvalue weighted by atomic mass is 79.9. The van der Waals surface area contributed by atoms with Crippen molar-refractivity contribution in [3.8, 4) is 10.7 Å². The Morgan fingerprint density at radius 1 is 1.44 bits per heavy atom. The summed E-state index contributed by atoms with van der Waals surface area (Å²) in [4.78, 5) is 9.54. The number of rotatable bonds is 3. The fourth-order valence-electron chi connectivity index (χ4n) is 1.23. The van der Waals surface area contributed by atoms with Crippen LogP contribution in [0.4, 0.5) is 0 Å². The lowest BCUT2D eigenvalue weighted by Crippen LogP contribution is -1.96. The van der Waals surface area contributed by atoms with Crippen LogP contribution in [0, 0.1) is 0 Å². The summed E-state index contributed by atoms with van der Waals surface area (Å²) in [6.45, 7) is 0.432. The predicted molar refractivity (Wildman–Crippen MR) is 68.8 cm³/mol. The van der Waals surface area contributed by atoms with Gasteiger partial charge in [0.25, 0.3) is 0 Å². The maximum Gasteiger partial charge on any atom is 0.171 e. The topological polar surface area (TPSA) is 35.0 Å². The van der Waals surface area contributed by atoms with Crippen molar-refractivity contribution in [1.29, 1.82) is 0 Å². The number of ether oxygens (including phenoxy) is 1. The molecule has 6 heteroatoms. The van der Waals surface area contributed by atoms with E-state index in [4.69, 9.17) is 16.3 Å². The summed E-state index contributed by atoms with van der Waals surface area (Å²) < 4.78 is 6.07. The maximum atomic E-state index is 5.93. The summed E-state index contributed by atoms with van der Waals surface area (Å²) in [6, 6.07) is 5.62. The zero-order chi connectivity index (χ0) is 11.5. The molecule has 2 rings (SSSR count). The van der Waals surface area contributed by atoms with Crippen LogP contribution in [0.5, 0.6) is 0 Å². The first kappa shape index (κ1) is 12.0. The van der Waals surface area contributed by atoms with Crippen LogP contribution in [-0.4, -0.2) is 17.1 Å². The summed E-state index contributed by atoms with van der Waals surface area (Å²) in [5.41, 5.74) is 0.780. The first-order valence-corrected chi connectivity index (χ1v) is 6.46. The molecule has 0 spiro atoms. The fraction of sp³-hybridized carbons (Fsp3) is 0.200. The van der Waals surface area contributed by atoms with Gasteiger partial charge in [0, 0.05) is 7.11 Å². The zero-order valence-electron chi connectivity index (χ0n) is 8.41. The smallest absolute Gasteiger partial charge is 0.171 e. The Bertz CT molecular complexity index is 503. The molecule has 0 N–H and O–H groups in total. The molecule has 0 atom stereocenters. The Hall–Kier alpha value is -0.490. The van der Waals surface area contributed by atoms with Gasteiger partial charge in [-0.2, -0.15) is 0 Å². The van der Waals surface area contributed by atoms with Gasteiger partial charge in [-0.25, -0.2) is 9.97 Å². The number of nitrogens with zero attached hydrogens (tertiary/aromatic N) is 2. The molecule has 16 heavy (non-hydrogen) atoms. The molecule has 0 fully saturated rings. The van der Waals surface area contributed by atoms with Gasteiger partial charge >= 0.3 is 0 Å². The summed E-state index contributed by atoms with van der Waals surface area (Å²) in [6.07, 6.45) is 0. The molecule has 0 aliphatic heterocycles. The predicted octanol–water partition coefficient (Wildman–Crippen LogP) is 3.77. The Morgan fingerprint density at radius 2 is 2.25 bits per heavy atom. The molecule has 0 bridgehead atoms. The number of halogens is 2. The van der Waals surface area contributed by atoms with Crippen LogP contribution < -0.4 is 0 Å². The van der Waals surface area contributed by atoms with E-state index in [0.29, 0.717) is 17.6 Å². The molecule has 2 heterocycles. The van der Waals surface area contributed by atoms with Crippen molar-refractivity contribution < 1.29 is 4.74 Å². The molecule has 0 aliphatic carbocycles. The van der Waals surface area contributed by atoms with Crippen molar-refractivity contribution in [2.75, 3.05) is 7.11 Å². The second-order valence-corrected chi connectivity index (χ2v) is 5.89. The SMILES string of the molecule is COCc1cc(Cl)nc(-c2ccc(Br)s2)n1. The van der Waals surface area contributed by atoms with Gasteiger partial charge in [0.2, 0.25) is 0 Å². The first-order chi connectivity index (χ1) is 7.69. The number of hydrogen-bond donors (Lipinski definition) is 0. The standard InChI is InChI=1S/C10H8BrClN2OS/c1-15-5-6-4-9(12)14-10(13-6)7-2-3-8(11)16-7/h2-4H,5H2,1H3. The summed E-state index contributed by atoms with van der Waals surface area (Å²) in [5, 5.41) is 0.432. The number of thiophene rings is 1. The molecule has 0 radical (unpaired) electrons. The van der Waals surface area contributed by atoms with Crippen LogP contribution in [0.2, 0.25) is 5.15 Å². The average molecular weight is 320 g/mol. The van der Waals surface area contributed by atoms with Crippen LogP contribution in [-0.2, 0) is 11.3 Å². The van der Waals surface area contributed by atoms with Gasteiger partial charge in [0.05, 0.1) is 21.0 Å². The molecule has 0 aromatic carbocycles. The van der Waals surface area contributed by atoms with Gasteiger partial charge in [-0.3, -0.25) is 0 Å². The van der Waals surface area contributed by atoms with Gasteiger partial charge in [-0.05, 0) is 34.1 Å². The van der Waals surface area contributed by atoms with Crippen molar-refractivity contribution in [3.05, 3.63) is 32.8 Å². The van der Waals surface area contributed by atoms with E-state index in [9.17, 15) is 0 Å². The Kier molecular flexibility index (Phi) is 3.91. The molecular formula is C10H8BrClN2OS. The highest BCUT2D eigenvalue weighted by Gasteiger charge is 2.08. The van der Waals surface area contributed by atoms with Crippen LogP contribution in [0.3, 0.4) is 0 Å². The third-order valence-electron chi connectivity index (χ3n) is 1.83. The molecule has 0 saturated carbocycles. The minimum Gasteiger partial charge on any atom is -0.378 e. The van der Waals surface area contributed by atoms with Crippen molar-refractivity contribution in [2.24, 2.45) is 0 Å². The summed E-state index contributed by atoms with van der Waals surface area (Å²) >= 11 is 10.9. The van der Waals surface area contributed by atoms with Crippen LogP contribution >= 0.6 is 38.9 Å². The Morgan fingerprint density at radius 3 is 2.88 bits per heavy atom. The van der Waals surface area contributed by atoms with Crippen LogP contribution in [0.25, 0.3) is 10.7 Å². The molecule has 3 nitrogen and oxygen atoms in total. The second kappa shape index (κ2) is 5.23. The third kappa shape index (κ3) is 2.79. The summed E-state index contributed by atoms with van der Waals surface area (Å²) in [5.74, 6) is 0.634. The minimum atomic E-state index is 0.432. The zero-order valence-corrected chi connectivity index (χ0v) is 11.6. The van der Waals surface area contributed by atoms with E-state index < -0.39 is 0 Å². The second-order valence-electron chi connectivity index (χ2n) is 3.04. The van der Waals surface area contributed by atoms with E-state index >= 15 is 0 Å². The number of methoxy groups -OCH3 is 1. The van der Waals surface area contributed by atoms with Crippen molar-refractivity contribution in [2.45, 2.75) is 6.61 Å². The van der Waals surface area contributed by atoms with E-state index in [1.165, 1.54) is 0 Å². The van der Waals surface area contributed by atoms with E-state index in [2.05, 4.69) is 25.9 Å². The Labute approximate surface area is 111 Å². The molecule has 0 amide bonds. The normalized spacial score (nSPS) is 10.7. The molecule has 2 aromatic rings. The lowest BCUT2D eigenvalue weighted by atomic mass is 10.4. The lowest BCUT2D eigenvalue weighted by molar-refractivity contribution is 0.181. The molecular weight excluding hydrogens is 312 g/mol. The van der Waals surface area contributed by atoms with Crippen LogP contribution in [0.15, 0.2) is 22.0 Å². The summed E-state index contributed by atoms with van der Waals surface area (Å²) in [7, 11) is 1.62. The monoisotopic (exact) mass is 318 g/mol. The van der Waals surface area contributed by atoms with E-state index in [1.54, 1.807) is 24.5 Å². The fourth-order valence-corrected chi connectivity index (χ4v) is 2.76. The highest BCUT2D eigenvalue weighted by molar-refractivity contribution is 9.11. The molecule has 0 aliphatic rings.